The van der Waals surface area contributed by atoms with Gasteiger partial charge in [-0.05, 0) is 23.1 Å². The number of nitrogens with one attached hydrogen (secondary N) is 1. The second-order valence-electron chi connectivity index (χ2n) is 7.35. The Balaban J connectivity index is 1.45. The van der Waals surface area contributed by atoms with Gasteiger partial charge in [-0.2, -0.15) is 0 Å². The molecular formula is C24H23N3. The van der Waals surface area contributed by atoms with E-state index in [1.165, 1.54) is 16.7 Å². The van der Waals surface area contributed by atoms with Crippen molar-refractivity contribution in [2.45, 2.75) is 24.5 Å². The van der Waals surface area contributed by atoms with E-state index in [0.29, 0.717) is 6.04 Å². The summed E-state index contributed by atoms with van der Waals surface area (Å²) >= 11 is 0. The average molecular weight is 353 g/mol. The van der Waals surface area contributed by atoms with Crippen molar-refractivity contribution < 1.29 is 0 Å². The molecule has 0 bridgehead atoms. The molecule has 0 amide bonds. The SMILES string of the molecule is c1ccc(C[C@@H]2CN3C(=N[C@@H](c4ccccc4)[C@@H]3c3ccccc3)N2)cc1. The zero-order chi connectivity index (χ0) is 18.1. The Morgan fingerprint density at radius 2 is 1.37 bits per heavy atom. The molecule has 3 aromatic carbocycles. The smallest absolute Gasteiger partial charge is 0.195 e. The molecule has 27 heavy (non-hydrogen) atoms. The zero-order valence-electron chi connectivity index (χ0n) is 15.2. The highest BCUT2D eigenvalue weighted by Gasteiger charge is 2.43. The Bertz CT molecular complexity index is 922. The Hall–Kier alpha value is -3.07. The molecule has 0 aliphatic carbocycles. The molecule has 0 aromatic heterocycles. The molecule has 0 radical (unpaired) electrons. The molecule has 0 saturated carbocycles. The fourth-order valence-corrected chi connectivity index (χ4v) is 4.30. The van der Waals surface area contributed by atoms with Gasteiger partial charge in [0, 0.05) is 6.54 Å². The predicted molar refractivity (Wildman–Crippen MR) is 110 cm³/mol. The lowest BCUT2D eigenvalue weighted by atomic mass is 9.93. The van der Waals surface area contributed by atoms with E-state index < -0.39 is 0 Å². The minimum Gasteiger partial charge on any atom is -0.351 e. The van der Waals surface area contributed by atoms with Crippen LogP contribution in [0.2, 0.25) is 0 Å². The molecule has 3 nitrogen and oxygen atoms in total. The summed E-state index contributed by atoms with van der Waals surface area (Å²) in [5.74, 6) is 1.04. The van der Waals surface area contributed by atoms with Gasteiger partial charge in [0.25, 0.3) is 0 Å². The van der Waals surface area contributed by atoms with E-state index >= 15 is 0 Å². The highest BCUT2D eigenvalue weighted by molar-refractivity contribution is 5.85. The van der Waals surface area contributed by atoms with Gasteiger partial charge < -0.3 is 10.2 Å². The van der Waals surface area contributed by atoms with E-state index in [9.17, 15) is 0 Å². The van der Waals surface area contributed by atoms with Crippen molar-refractivity contribution >= 4 is 5.96 Å². The Kier molecular flexibility index (Phi) is 4.13. The van der Waals surface area contributed by atoms with E-state index in [1.54, 1.807) is 0 Å². The Morgan fingerprint density at radius 1 is 0.778 bits per heavy atom. The molecule has 1 saturated heterocycles. The number of aliphatic imine (C=N–C) groups is 1. The van der Waals surface area contributed by atoms with Gasteiger partial charge in [-0.3, -0.25) is 0 Å². The van der Waals surface area contributed by atoms with Crippen LogP contribution in [0.15, 0.2) is 96.0 Å². The van der Waals surface area contributed by atoms with Crippen LogP contribution in [-0.2, 0) is 6.42 Å². The van der Waals surface area contributed by atoms with Crippen LogP contribution in [0.3, 0.4) is 0 Å². The number of hydrogen-bond donors (Lipinski definition) is 1. The summed E-state index contributed by atoms with van der Waals surface area (Å²) in [6.07, 6.45) is 1.02. The maximum atomic E-state index is 5.10. The van der Waals surface area contributed by atoms with Crippen molar-refractivity contribution in [3.8, 4) is 0 Å². The molecule has 2 heterocycles. The zero-order valence-corrected chi connectivity index (χ0v) is 15.2. The highest BCUT2D eigenvalue weighted by Crippen LogP contribution is 2.43. The molecule has 3 heteroatoms. The minimum absolute atomic E-state index is 0.133. The molecule has 134 valence electrons. The van der Waals surface area contributed by atoms with E-state index in [4.69, 9.17) is 4.99 Å². The van der Waals surface area contributed by atoms with Gasteiger partial charge >= 0.3 is 0 Å². The standard InChI is InChI=1S/C24H23N3/c1-4-10-18(11-5-1)16-21-17-27-23(20-14-8-3-9-15-20)22(26-24(27)25-21)19-12-6-2-7-13-19/h1-15,21-23H,16-17H2,(H,25,26)/t21-,22+,23+/m1/s1. The fraction of sp³-hybridized carbons (Fsp3) is 0.208. The summed E-state index contributed by atoms with van der Waals surface area (Å²) in [7, 11) is 0. The number of hydrogen-bond acceptors (Lipinski definition) is 3. The van der Waals surface area contributed by atoms with Crippen molar-refractivity contribution in [1.82, 2.24) is 10.2 Å². The van der Waals surface area contributed by atoms with Gasteiger partial charge in [-0.15, -0.1) is 0 Å². The van der Waals surface area contributed by atoms with Crippen LogP contribution in [-0.4, -0.2) is 23.4 Å². The molecule has 2 aliphatic heterocycles. The first-order chi connectivity index (χ1) is 13.4. The Morgan fingerprint density at radius 3 is 2.04 bits per heavy atom. The second kappa shape index (κ2) is 6.92. The van der Waals surface area contributed by atoms with E-state index in [0.717, 1.165) is 18.9 Å². The van der Waals surface area contributed by atoms with Gasteiger partial charge in [0.05, 0.1) is 12.1 Å². The monoisotopic (exact) mass is 353 g/mol. The van der Waals surface area contributed by atoms with Crippen LogP contribution in [0.1, 0.15) is 28.8 Å². The quantitative estimate of drug-likeness (QED) is 0.755. The van der Waals surface area contributed by atoms with Crippen LogP contribution in [0.25, 0.3) is 0 Å². The summed E-state index contributed by atoms with van der Waals surface area (Å²) in [6, 6.07) is 32.9. The normalized spacial score (nSPS) is 23.6. The van der Waals surface area contributed by atoms with E-state index in [2.05, 4.69) is 101 Å². The third-order valence-corrected chi connectivity index (χ3v) is 5.53. The van der Waals surface area contributed by atoms with E-state index in [-0.39, 0.29) is 12.1 Å². The number of benzene rings is 3. The van der Waals surface area contributed by atoms with Gasteiger partial charge in [0.15, 0.2) is 5.96 Å². The summed E-state index contributed by atoms with van der Waals surface area (Å²) in [4.78, 5) is 7.56. The number of rotatable bonds is 4. The van der Waals surface area contributed by atoms with Crippen LogP contribution in [0.4, 0.5) is 0 Å². The van der Waals surface area contributed by atoms with Crippen LogP contribution < -0.4 is 5.32 Å². The van der Waals surface area contributed by atoms with Crippen LogP contribution in [0, 0.1) is 0 Å². The first-order valence-electron chi connectivity index (χ1n) is 9.63. The van der Waals surface area contributed by atoms with Gasteiger partial charge in [-0.25, -0.2) is 4.99 Å². The molecule has 5 rings (SSSR count). The second-order valence-corrected chi connectivity index (χ2v) is 7.35. The summed E-state index contributed by atoms with van der Waals surface area (Å²) in [6.45, 7) is 0.983. The van der Waals surface area contributed by atoms with Crippen molar-refractivity contribution in [2.75, 3.05) is 6.54 Å². The molecule has 3 aromatic rings. The average Bonchev–Trinajstić information content (AvgIpc) is 3.27. The summed E-state index contributed by atoms with van der Waals surface area (Å²) in [5, 5.41) is 3.68. The minimum atomic E-state index is 0.133. The molecule has 0 spiro atoms. The number of guanidine groups is 1. The van der Waals surface area contributed by atoms with E-state index in [1.807, 2.05) is 0 Å². The van der Waals surface area contributed by atoms with Crippen molar-refractivity contribution in [1.29, 1.82) is 0 Å². The third-order valence-electron chi connectivity index (χ3n) is 5.53. The lowest BCUT2D eigenvalue weighted by molar-refractivity contribution is 0.317. The lowest BCUT2D eigenvalue weighted by Gasteiger charge is -2.27. The van der Waals surface area contributed by atoms with Gasteiger partial charge in [0.2, 0.25) is 0 Å². The molecular weight excluding hydrogens is 330 g/mol. The highest BCUT2D eigenvalue weighted by atomic mass is 15.4. The molecule has 1 N–H and O–H groups in total. The van der Waals surface area contributed by atoms with Crippen molar-refractivity contribution in [3.63, 3.8) is 0 Å². The van der Waals surface area contributed by atoms with Crippen molar-refractivity contribution in [3.05, 3.63) is 108 Å². The Labute approximate surface area is 160 Å². The van der Waals surface area contributed by atoms with Crippen molar-refractivity contribution in [2.24, 2.45) is 4.99 Å². The largest absolute Gasteiger partial charge is 0.351 e. The molecule has 0 unspecified atom stereocenters. The molecule has 2 aliphatic rings. The summed E-state index contributed by atoms with van der Waals surface area (Å²) in [5.41, 5.74) is 3.97. The van der Waals surface area contributed by atoms with Gasteiger partial charge in [0.1, 0.15) is 6.04 Å². The molecule has 3 atom stereocenters. The molecule has 1 fully saturated rings. The first-order valence-corrected chi connectivity index (χ1v) is 9.63. The van der Waals surface area contributed by atoms with Gasteiger partial charge in [-0.1, -0.05) is 91.0 Å². The fourth-order valence-electron chi connectivity index (χ4n) is 4.30. The maximum Gasteiger partial charge on any atom is 0.195 e. The summed E-state index contributed by atoms with van der Waals surface area (Å²) < 4.78 is 0. The van der Waals surface area contributed by atoms with Crippen LogP contribution in [0.5, 0.6) is 0 Å². The lowest BCUT2D eigenvalue weighted by Crippen LogP contribution is -2.29. The number of nitrogens with zero attached hydrogens (tertiary/aromatic N) is 2. The van der Waals surface area contributed by atoms with Crippen LogP contribution >= 0.6 is 0 Å². The third kappa shape index (κ3) is 3.10. The first kappa shape index (κ1) is 16.1. The number of fused-ring (bicyclic) bond motifs is 1. The topological polar surface area (TPSA) is 27.6 Å². The predicted octanol–water partition coefficient (Wildman–Crippen LogP) is 4.36. The maximum absolute atomic E-state index is 5.10.